The second kappa shape index (κ2) is 12.5. The van der Waals surface area contributed by atoms with Gasteiger partial charge in [0.1, 0.15) is 17.4 Å². The van der Waals surface area contributed by atoms with Crippen LogP contribution in [0, 0.1) is 5.92 Å². The van der Waals surface area contributed by atoms with Gasteiger partial charge in [0.15, 0.2) is 16.9 Å². The Morgan fingerprint density at radius 2 is 2.03 bits per heavy atom. The molecule has 0 radical (unpaired) electrons. The Hall–Kier alpha value is -3.48. The van der Waals surface area contributed by atoms with E-state index >= 15 is 0 Å². The maximum Gasteiger partial charge on any atom is 0.350 e. The van der Waals surface area contributed by atoms with Crippen LogP contribution >= 0.6 is 11.3 Å². The van der Waals surface area contributed by atoms with Crippen molar-refractivity contribution in [3.63, 3.8) is 0 Å². The van der Waals surface area contributed by atoms with Gasteiger partial charge in [0.2, 0.25) is 11.5 Å². The van der Waals surface area contributed by atoms with Crippen LogP contribution < -0.4 is 11.1 Å². The van der Waals surface area contributed by atoms with Crippen molar-refractivity contribution in [2.45, 2.75) is 23.9 Å². The molecule has 36 heavy (non-hydrogen) atoms. The number of likely N-dealkylation sites (N-methyl/N-ethyl adjacent to an activating group) is 1. The zero-order valence-electron chi connectivity index (χ0n) is 18.9. The molecule has 1 aliphatic rings. The largest absolute Gasteiger partial charge is 0.615 e. The molecule has 0 saturated carbocycles. The number of nitrogens with one attached hydrogen (secondary N) is 1. The third-order valence-corrected chi connectivity index (χ3v) is 7.42. The van der Waals surface area contributed by atoms with Gasteiger partial charge in [0.25, 0.3) is 11.8 Å². The number of nitrogen functional groups attached to an aromatic ring is 1. The standard InChI is InChI=1S/C18H23N5O11S2/c1-23-14(27)12(15(23)36(32)6-7(16(28)29)3-10(25)33-2)21-13(26)11(8-5-35-18(19)20-8)22-34-9(4-24)17(30)31/h5,7,9,12,15,24H,3-4,6H2,1-2H3,(H2,19,20)(H,21,26)(H,28,29)(H,30,31)/b22-11-/t7-,9-,12+,15+,36?/m0/s1. The summed E-state index contributed by atoms with van der Waals surface area (Å²) in [6, 6.07) is -1.37. The molecule has 0 spiro atoms. The predicted octanol–water partition coefficient (Wildman–Crippen LogP) is -2.81. The Kier molecular flexibility index (Phi) is 9.96. The average molecular weight is 550 g/mol. The van der Waals surface area contributed by atoms with E-state index in [-0.39, 0.29) is 10.8 Å². The van der Waals surface area contributed by atoms with Gasteiger partial charge in [-0.3, -0.25) is 24.1 Å². The summed E-state index contributed by atoms with van der Waals surface area (Å²) in [6.07, 6.45) is -2.35. The zero-order chi connectivity index (χ0) is 27.2. The fourth-order valence-electron chi connectivity index (χ4n) is 2.95. The topological polar surface area (TPSA) is 254 Å². The number of likely N-dealkylation sites (tertiary alicyclic amines) is 1. The molecule has 1 unspecified atom stereocenters. The lowest BCUT2D eigenvalue weighted by Crippen LogP contribution is -2.72. The number of aromatic nitrogens is 1. The summed E-state index contributed by atoms with van der Waals surface area (Å²) in [5, 5.41) is 33.4. The number of esters is 1. The third kappa shape index (κ3) is 6.80. The molecule has 5 atom stereocenters. The Labute approximate surface area is 210 Å². The number of amides is 2. The van der Waals surface area contributed by atoms with Gasteiger partial charge in [-0.2, -0.15) is 0 Å². The number of carbonyl (C=O) groups is 5. The molecule has 1 aromatic heterocycles. The summed E-state index contributed by atoms with van der Waals surface area (Å²) in [7, 11) is 2.36. The molecular formula is C18H23N5O11S2. The highest BCUT2D eigenvalue weighted by molar-refractivity contribution is 7.92. The number of oxime groups is 1. The number of carboxylic acid groups (broad SMARTS) is 2. The Bertz CT molecular complexity index is 1050. The van der Waals surface area contributed by atoms with Gasteiger partial charge in [-0.15, -0.1) is 11.3 Å². The van der Waals surface area contributed by atoms with Gasteiger partial charge < -0.3 is 40.5 Å². The Morgan fingerprint density at radius 1 is 1.36 bits per heavy atom. The predicted molar refractivity (Wildman–Crippen MR) is 122 cm³/mol. The minimum absolute atomic E-state index is 0.0335. The van der Waals surface area contributed by atoms with E-state index < -0.39 is 88.8 Å². The molecule has 18 heteroatoms. The van der Waals surface area contributed by atoms with E-state index in [4.69, 9.17) is 20.8 Å². The lowest BCUT2D eigenvalue weighted by atomic mass is 10.1. The van der Waals surface area contributed by atoms with Crippen LogP contribution in [0.4, 0.5) is 5.13 Å². The SMILES string of the molecule is COC(=O)C[C@@H](C[S+]([O-])[C@@H]1[C@H](NC(=O)/C(=N\O[C@@H](CO)C(=O)O)c2csc(N)n2)C(=O)N1C)C(=O)O. The number of carboxylic acids is 2. The first-order valence-corrected chi connectivity index (χ1v) is 12.2. The number of β-lactam (4-membered cyclic amide) rings is 1. The third-order valence-electron chi connectivity index (χ3n) is 4.88. The number of hydrogen-bond donors (Lipinski definition) is 5. The maximum absolute atomic E-state index is 12.9. The van der Waals surface area contributed by atoms with E-state index in [0.717, 1.165) is 23.3 Å². The summed E-state index contributed by atoms with van der Waals surface area (Å²) in [4.78, 5) is 69.0. The van der Waals surface area contributed by atoms with Crippen molar-refractivity contribution in [3.05, 3.63) is 11.1 Å². The Morgan fingerprint density at radius 3 is 2.53 bits per heavy atom. The van der Waals surface area contributed by atoms with Gasteiger partial charge in [0, 0.05) is 12.4 Å². The number of anilines is 1. The van der Waals surface area contributed by atoms with Crippen LogP contribution in [0.5, 0.6) is 0 Å². The van der Waals surface area contributed by atoms with Crippen molar-refractivity contribution < 1.29 is 53.4 Å². The second-order valence-electron chi connectivity index (χ2n) is 7.28. The summed E-state index contributed by atoms with van der Waals surface area (Å²) in [5.41, 5.74) is 4.86. The van der Waals surface area contributed by atoms with Crippen molar-refractivity contribution in [2.75, 3.05) is 32.3 Å². The molecule has 1 aliphatic heterocycles. The molecule has 1 aromatic rings. The molecule has 16 nitrogen and oxygen atoms in total. The summed E-state index contributed by atoms with van der Waals surface area (Å²) >= 11 is -1.11. The minimum atomic E-state index is -2.03. The molecule has 1 fully saturated rings. The molecule has 6 N–H and O–H groups in total. The number of methoxy groups -OCH3 is 1. The molecule has 2 heterocycles. The highest BCUT2D eigenvalue weighted by Crippen LogP contribution is 2.26. The van der Waals surface area contributed by atoms with E-state index in [0.29, 0.717) is 0 Å². The van der Waals surface area contributed by atoms with E-state index in [1.54, 1.807) is 0 Å². The summed E-state index contributed by atoms with van der Waals surface area (Å²) < 4.78 is 17.3. The van der Waals surface area contributed by atoms with Crippen LogP contribution in [0.15, 0.2) is 10.5 Å². The van der Waals surface area contributed by atoms with E-state index in [1.165, 1.54) is 12.4 Å². The zero-order valence-corrected chi connectivity index (χ0v) is 20.5. The molecule has 0 aromatic carbocycles. The van der Waals surface area contributed by atoms with Crippen LogP contribution in [0.3, 0.4) is 0 Å². The van der Waals surface area contributed by atoms with Crippen LogP contribution in [-0.2, 0) is 44.7 Å². The minimum Gasteiger partial charge on any atom is -0.615 e. The van der Waals surface area contributed by atoms with Crippen molar-refractivity contribution in [1.29, 1.82) is 0 Å². The van der Waals surface area contributed by atoms with Gasteiger partial charge in [-0.05, 0) is 11.2 Å². The number of aliphatic hydroxyl groups excluding tert-OH is 1. The second-order valence-corrected chi connectivity index (χ2v) is 9.75. The van der Waals surface area contributed by atoms with Crippen molar-refractivity contribution in [3.8, 4) is 0 Å². The fourth-order valence-corrected chi connectivity index (χ4v) is 5.30. The first kappa shape index (κ1) is 28.8. The molecule has 0 aliphatic carbocycles. The van der Waals surface area contributed by atoms with Crippen LogP contribution in [0.25, 0.3) is 0 Å². The number of carbonyl (C=O) groups excluding carboxylic acids is 3. The maximum atomic E-state index is 12.9. The van der Waals surface area contributed by atoms with Gasteiger partial charge in [0.05, 0.1) is 20.1 Å². The number of aliphatic hydroxyl groups is 1. The number of hydrogen-bond acceptors (Lipinski definition) is 13. The van der Waals surface area contributed by atoms with Gasteiger partial charge >= 0.3 is 17.9 Å². The van der Waals surface area contributed by atoms with E-state index in [2.05, 4.69) is 20.2 Å². The summed E-state index contributed by atoms with van der Waals surface area (Å²) in [6.45, 7) is -0.962. The van der Waals surface area contributed by atoms with Crippen molar-refractivity contribution in [1.82, 2.24) is 15.2 Å². The van der Waals surface area contributed by atoms with E-state index in [1.807, 2.05) is 0 Å². The van der Waals surface area contributed by atoms with Crippen LogP contribution in [0.1, 0.15) is 12.1 Å². The number of thiazole rings is 1. The number of rotatable bonds is 13. The molecule has 2 amide bonds. The highest BCUT2D eigenvalue weighted by Gasteiger charge is 2.54. The van der Waals surface area contributed by atoms with Crippen molar-refractivity contribution >= 4 is 63.1 Å². The van der Waals surface area contributed by atoms with Crippen molar-refractivity contribution in [2.24, 2.45) is 11.1 Å². The lowest BCUT2D eigenvalue weighted by Gasteiger charge is -2.44. The molecule has 198 valence electrons. The first-order chi connectivity index (χ1) is 16.9. The quantitative estimate of drug-likeness (QED) is 0.0548. The smallest absolute Gasteiger partial charge is 0.350 e. The number of nitrogens with two attached hydrogens (primary N) is 1. The lowest BCUT2D eigenvalue weighted by molar-refractivity contribution is -0.153. The van der Waals surface area contributed by atoms with Crippen LogP contribution in [0.2, 0.25) is 0 Å². The molecule has 1 saturated heterocycles. The number of aliphatic carboxylic acids is 2. The Balaban J connectivity index is 2.23. The monoisotopic (exact) mass is 549 g/mol. The molecule has 2 rings (SSSR count). The summed E-state index contributed by atoms with van der Waals surface area (Å²) in [5.74, 6) is -7.39. The normalized spacial score (nSPS) is 20.1. The molecule has 0 bridgehead atoms. The van der Waals surface area contributed by atoms with Gasteiger partial charge in [-0.1, -0.05) is 5.16 Å². The number of nitrogens with zero attached hydrogens (tertiary/aromatic N) is 3. The average Bonchev–Trinajstić information content (AvgIpc) is 3.25. The van der Waals surface area contributed by atoms with Crippen LogP contribution in [-0.4, -0.2) is 109 Å². The molecular weight excluding hydrogens is 526 g/mol. The number of ether oxygens (including phenoxy) is 1. The fraction of sp³-hybridized carbons (Fsp3) is 0.500. The highest BCUT2D eigenvalue weighted by atomic mass is 32.2. The van der Waals surface area contributed by atoms with Gasteiger partial charge in [-0.25, -0.2) is 9.78 Å². The first-order valence-electron chi connectivity index (χ1n) is 9.94. The van der Waals surface area contributed by atoms with E-state index in [9.17, 15) is 33.6 Å².